The summed E-state index contributed by atoms with van der Waals surface area (Å²) in [6.07, 6.45) is 3.74. The van der Waals surface area contributed by atoms with Gasteiger partial charge in [0.2, 0.25) is 0 Å². The number of unbranched alkanes of at least 4 members (excludes halogenated alkanes) is 3. The molecule has 0 aliphatic heterocycles. The fraction of sp³-hybridized carbons (Fsp3) is 0.556. The standard InChI is InChI=1S/C18H28N6O4/c1-21-13(11-15(25)23(3)17(21)27)19-9-7-5-6-8-10-20-14-12-16(26)24(4)18(28)22(14)2/h11-12,19-20H,5-10H2,1-4H3. The molecule has 154 valence electrons. The molecule has 0 fully saturated rings. The van der Waals surface area contributed by atoms with Crippen molar-refractivity contribution in [1.82, 2.24) is 18.3 Å². The first-order valence-corrected chi connectivity index (χ1v) is 9.26. The Kier molecular flexibility index (Phi) is 7.02. The second kappa shape index (κ2) is 9.25. The van der Waals surface area contributed by atoms with Crippen molar-refractivity contribution in [3.8, 4) is 0 Å². The van der Waals surface area contributed by atoms with Crippen LogP contribution < -0.4 is 33.1 Å². The lowest BCUT2D eigenvalue weighted by molar-refractivity contribution is 0.653. The Hall–Kier alpha value is -3.04. The highest BCUT2D eigenvalue weighted by Crippen LogP contribution is 2.04. The molecular formula is C18H28N6O4. The van der Waals surface area contributed by atoms with E-state index < -0.39 is 0 Å². The molecule has 0 aliphatic carbocycles. The van der Waals surface area contributed by atoms with E-state index in [1.165, 1.54) is 35.4 Å². The number of hydrogen-bond donors (Lipinski definition) is 2. The van der Waals surface area contributed by atoms with Gasteiger partial charge >= 0.3 is 11.4 Å². The van der Waals surface area contributed by atoms with Crippen LogP contribution in [-0.4, -0.2) is 31.4 Å². The SMILES string of the molecule is Cn1c(NCCCCCCNc2cc(=O)n(C)c(=O)n2C)cc(=O)n(C)c1=O. The molecule has 0 radical (unpaired) electrons. The van der Waals surface area contributed by atoms with Gasteiger partial charge in [-0.1, -0.05) is 12.8 Å². The summed E-state index contributed by atoms with van der Waals surface area (Å²) in [7, 11) is 6.15. The molecule has 2 aromatic rings. The first-order chi connectivity index (χ1) is 13.2. The molecule has 2 heterocycles. The number of hydrogen-bond acceptors (Lipinski definition) is 6. The Morgan fingerprint density at radius 3 is 1.32 bits per heavy atom. The molecule has 0 aliphatic rings. The van der Waals surface area contributed by atoms with Gasteiger partial charge in [-0.2, -0.15) is 0 Å². The van der Waals surface area contributed by atoms with Crippen molar-refractivity contribution >= 4 is 11.6 Å². The van der Waals surface area contributed by atoms with Crippen molar-refractivity contribution in [2.75, 3.05) is 23.7 Å². The number of anilines is 2. The molecule has 0 spiro atoms. The molecule has 28 heavy (non-hydrogen) atoms. The molecule has 0 saturated carbocycles. The third-order valence-electron chi connectivity index (χ3n) is 4.77. The van der Waals surface area contributed by atoms with Gasteiger partial charge in [-0.25, -0.2) is 9.59 Å². The van der Waals surface area contributed by atoms with Crippen molar-refractivity contribution in [1.29, 1.82) is 0 Å². The maximum absolute atomic E-state index is 11.9. The summed E-state index contributed by atoms with van der Waals surface area (Å²) in [5.74, 6) is 1.03. The quantitative estimate of drug-likeness (QED) is 0.560. The van der Waals surface area contributed by atoms with Crippen molar-refractivity contribution in [3.05, 3.63) is 53.8 Å². The first-order valence-electron chi connectivity index (χ1n) is 9.26. The molecule has 10 heteroatoms. The van der Waals surface area contributed by atoms with E-state index in [-0.39, 0.29) is 22.5 Å². The highest BCUT2D eigenvalue weighted by atomic mass is 16.2. The van der Waals surface area contributed by atoms with Gasteiger partial charge in [0, 0.05) is 53.4 Å². The fourth-order valence-electron chi connectivity index (χ4n) is 2.84. The number of aromatic nitrogens is 4. The van der Waals surface area contributed by atoms with Crippen LogP contribution in [-0.2, 0) is 28.2 Å². The van der Waals surface area contributed by atoms with Crippen molar-refractivity contribution in [3.63, 3.8) is 0 Å². The molecule has 10 nitrogen and oxygen atoms in total. The summed E-state index contributed by atoms with van der Waals surface area (Å²) in [5, 5.41) is 6.25. The lowest BCUT2D eigenvalue weighted by Gasteiger charge is -2.12. The fourth-order valence-corrected chi connectivity index (χ4v) is 2.84. The molecule has 0 aromatic carbocycles. The van der Waals surface area contributed by atoms with Crippen LogP contribution >= 0.6 is 0 Å². The molecule has 2 N–H and O–H groups in total. The minimum absolute atomic E-state index is 0.332. The van der Waals surface area contributed by atoms with Crippen LogP contribution in [0.5, 0.6) is 0 Å². The average Bonchev–Trinajstić information content (AvgIpc) is 2.68. The number of nitrogens with one attached hydrogen (secondary N) is 2. The predicted molar refractivity (Wildman–Crippen MR) is 109 cm³/mol. The zero-order chi connectivity index (χ0) is 20.8. The topological polar surface area (TPSA) is 112 Å². The highest BCUT2D eigenvalue weighted by molar-refractivity contribution is 5.34. The summed E-state index contributed by atoms with van der Waals surface area (Å²) in [5.41, 5.74) is -1.37. The minimum atomic E-state index is -0.355. The van der Waals surface area contributed by atoms with Crippen LogP contribution in [0.2, 0.25) is 0 Å². The van der Waals surface area contributed by atoms with Crippen molar-refractivity contribution < 1.29 is 0 Å². The Balaban J connectivity index is 1.71. The molecule has 0 bridgehead atoms. The monoisotopic (exact) mass is 392 g/mol. The molecule has 0 atom stereocenters. The zero-order valence-corrected chi connectivity index (χ0v) is 16.8. The summed E-state index contributed by atoms with van der Waals surface area (Å²) in [6, 6.07) is 2.83. The van der Waals surface area contributed by atoms with E-state index in [1.54, 1.807) is 14.1 Å². The van der Waals surface area contributed by atoms with Gasteiger partial charge in [0.1, 0.15) is 11.6 Å². The van der Waals surface area contributed by atoms with Crippen molar-refractivity contribution in [2.45, 2.75) is 25.7 Å². The van der Waals surface area contributed by atoms with Gasteiger partial charge in [-0.3, -0.25) is 27.9 Å². The third kappa shape index (κ3) is 4.81. The Labute approximate surface area is 162 Å². The lowest BCUT2D eigenvalue weighted by atomic mass is 10.2. The second-order valence-corrected chi connectivity index (χ2v) is 6.80. The van der Waals surface area contributed by atoms with Crippen LogP contribution in [0.3, 0.4) is 0 Å². The first kappa shape index (κ1) is 21.3. The summed E-state index contributed by atoms with van der Waals surface area (Å²) < 4.78 is 4.96. The predicted octanol–water partition coefficient (Wildman–Crippen LogP) is -0.434. The van der Waals surface area contributed by atoms with E-state index in [9.17, 15) is 19.2 Å². The van der Waals surface area contributed by atoms with Gasteiger partial charge < -0.3 is 10.6 Å². The Morgan fingerprint density at radius 2 is 0.964 bits per heavy atom. The summed E-state index contributed by atoms with van der Waals surface area (Å²) >= 11 is 0. The molecule has 0 unspecified atom stereocenters. The molecular weight excluding hydrogens is 364 g/mol. The molecule has 2 rings (SSSR count). The van der Waals surface area contributed by atoms with Gasteiger partial charge in [0.15, 0.2) is 0 Å². The van der Waals surface area contributed by atoms with E-state index >= 15 is 0 Å². The number of nitrogens with zero attached hydrogens (tertiary/aromatic N) is 4. The van der Waals surface area contributed by atoms with Crippen LogP contribution in [0.15, 0.2) is 31.3 Å². The van der Waals surface area contributed by atoms with Gasteiger partial charge in [0.05, 0.1) is 0 Å². The van der Waals surface area contributed by atoms with Crippen LogP contribution in [0.25, 0.3) is 0 Å². The van der Waals surface area contributed by atoms with E-state index in [0.29, 0.717) is 24.7 Å². The van der Waals surface area contributed by atoms with Crippen molar-refractivity contribution in [2.24, 2.45) is 28.2 Å². The Bertz CT molecular complexity index is 974. The van der Waals surface area contributed by atoms with Crippen LogP contribution in [0.1, 0.15) is 25.7 Å². The molecule has 0 saturated heterocycles. The second-order valence-electron chi connectivity index (χ2n) is 6.80. The largest absolute Gasteiger partial charge is 0.371 e. The third-order valence-corrected chi connectivity index (χ3v) is 4.77. The molecule has 0 amide bonds. The molecule has 2 aromatic heterocycles. The normalized spacial score (nSPS) is 10.9. The van der Waals surface area contributed by atoms with Crippen LogP contribution in [0.4, 0.5) is 11.6 Å². The van der Waals surface area contributed by atoms with Gasteiger partial charge in [-0.05, 0) is 12.8 Å². The zero-order valence-electron chi connectivity index (χ0n) is 16.8. The Morgan fingerprint density at radius 1 is 0.607 bits per heavy atom. The highest BCUT2D eigenvalue weighted by Gasteiger charge is 2.06. The van der Waals surface area contributed by atoms with Gasteiger partial charge in [-0.15, -0.1) is 0 Å². The van der Waals surface area contributed by atoms with E-state index in [0.717, 1.165) is 34.8 Å². The maximum Gasteiger partial charge on any atom is 0.332 e. The number of rotatable bonds is 9. The van der Waals surface area contributed by atoms with E-state index in [2.05, 4.69) is 10.6 Å². The lowest BCUT2D eigenvalue weighted by Crippen LogP contribution is -2.37. The maximum atomic E-state index is 11.9. The van der Waals surface area contributed by atoms with E-state index in [1.807, 2.05) is 0 Å². The van der Waals surface area contributed by atoms with Gasteiger partial charge in [0.25, 0.3) is 11.1 Å². The summed E-state index contributed by atoms with van der Waals surface area (Å²) in [6.45, 7) is 1.33. The minimum Gasteiger partial charge on any atom is -0.371 e. The smallest absolute Gasteiger partial charge is 0.332 e. The van der Waals surface area contributed by atoms with Crippen LogP contribution in [0, 0.1) is 0 Å². The van der Waals surface area contributed by atoms with E-state index in [4.69, 9.17) is 0 Å². The average molecular weight is 392 g/mol. The summed E-state index contributed by atoms with van der Waals surface area (Å²) in [4.78, 5) is 47.1.